The van der Waals surface area contributed by atoms with Gasteiger partial charge in [-0.1, -0.05) is 6.07 Å². The number of benzene rings is 1. The lowest BCUT2D eigenvalue weighted by Crippen LogP contribution is -2.54. The van der Waals surface area contributed by atoms with Gasteiger partial charge in [0.2, 0.25) is 15.9 Å². The molecule has 1 unspecified atom stereocenters. The molecule has 0 aliphatic carbocycles. The average molecular weight is 573 g/mol. The van der Waals surface area contributed by atoms with Crippen molar-refractivity contribution >= 4 is 27.0 Å². The van der Waals surface area contributed by atoms with Crippen molar-refractivity contribution in [1.29, 1.82) is 0 Å². The first-order chi connectivity index (χ1) is 19.1. The zero-order valence-electron chi connectivity index (χ0n) is 23.0. The molecule has 40 heavy (non-hydrogen) atoms. The highest BCUT2D eigenvalue weighted by atomic mass is 32.2. The van der Waals surface area contributed by atoms with Crippen LogP contribution in [0.15, 0.2) is 36.7 Å². The van der Waals surface area contributed by atoms with Crippen molar-refractivity contribution < 1.29 is 22.3 Å². The normalized spacial score (nSPS) is 18.8. The number of aryl methyl sites for hydroxylation is 1. The maximum absolute atomic E-state index is 15.0. The third-order valence-corrected chi connectivity index (χ3v) is 9.27. The maximum Gasteiger partial charge on any atom is 0.239 e. The van der Waals surface area contributed by atoms with E-state index < -0.39 is 21.9 Å². The van der Waals surface area contributed by atoms with Crippen molar-refractivity contribution in [2.45, 2.75) is 32.2 Å². The number of fused-ring (bicyclic) bond motifs is 1. The number of hydrogen-bond acceptors (Lipinski definition) is 7. The van der Waals surface area contributed by atoms with E-state index in [1.165, 1.54) is 12.3 Å². The van der Waals surface area contributed by atoms with Gasteiger partial charge >= 0.3 is 0 Å². The molecule has 12 heteroatoms. The number of amides is 1. The highest BCUT2D eigenvalue weighted by Gasteiger charge is 2.29. The molecule has 2 aliphatic heterocycles. The Morgan fingerprint density at radius 2 is 1.88 bits per heavy atom. The van der Waals surface area contributed by atoms with Gasteiger partial charge in [0.25, 0.3) is 0 Å². The fourth-order valence-corrected chi connectivity index (χ4v) is 6.53. The van der Waals surface area contributed by atoms with Crippen molar-refractivity contribution in [3.63, 3.8) is 0 Å². The fraction of sp³-hybridized carbons (Fsp3) is 0.500. The molecule has 0 bridgehead atoms. The quantitative estimate of drug-likeness (QED) is 0.425. The maximum atomic E-state index is 15.0. The Balaban J connectivity index is 1.11. The number of aromatic amines is 1. The standard InChI is InChI=1S/C28H37FN6O4S/c1-19-17-32-27-26(19)25(5-8-31-27)39-24-4-3-21(15-22(24)29)16-23(30)28(36)34-13-11-33(12-14-34)18-20-6-9-35(10-7-20)40(2,37)38/h3-5,8,15,17,20,23H,6-7,9-14,16,18,30H2,1-2H3,(H,31,32). The monoisotopic (exact) mass is 572 g/mol. The van der Waals surface area contributed by atoms with E-state index in [9.17, 15) is 17.6 Å². The molecule has 2 saturated heterocycles. The van der Waals surface area contributed by atoms with Crippen LogP contribution in [0.5, 0.6) is 11.5 Å². The Morgan fingerprint density at radius 3 is 2.55 bits per heavy atom. The second kappa shape index (κ2) is 11.8. The van der Waals surface area contributed by atoms with Gasteiger partial charge in [-0.25, -0.2) is 22.1 Å². The van der Waals surface area contributed by atoms with E-state index in [1.807, 2.05) is 13.1 Å². The zero-order valence-corrected chi connectivity index (χ0v) is 23.8. The molecule has 216 valence electrons. The molecule has 1 aromatic carbocycles. The first kappa shape index (κ1) is 28.5. The van der Waals surface area contributed by atoms with Gasteiger partial charge in [-0.05, 0) is 61.4 Å². The number of aromatic nitrogens is 2. The van der Waals surface area contributed by atoms with Gasteiger partial charge in [-0.15, -0.1) is 0 Å². The van der Waals surface area contributed by atoms with Crippen LogP contribution in [0.3, 0.4) is 0 Å². The van der Waals surface area contributed by atoms with Crippen LogP contribution in [0.25, 0.3) is 11.0 Å². The number of nitrogens with two attached hydrogens (primary N) is 1. The van der Waals surface area contributed by atoms with Crippen LogP contribution >= 0.6 is 0 Å². The van der Waals surface area contributed by atoms with Gasteiger partial charge < -0.3 is 20.4 Å². The summed E-state index contributed by atoms with van der Waals surface area (Å²) in [5.41, 5.74) is 8.52. The minimum absolute atomic E-state index is 0.0925. The van der Waals surface area contributed by atoms with E-state index in [-0.39, 0.29) is 18.1 Å². The number of nitrogens with zero attached hydrogens (tertiary/aromatic N) is 4. The third kappa shape index (κ3) is 6.46. The van der Waals surface area contributed by atoms with Gasteiger partial charge in [-0.3, -0.25) is 9.69 Å². The summed E-state index contributed by atoms with van der Waals surface area (Å²) in [4.78, 5) is 24.5. The Morgan fingerprint density at radius 1 is 1.15 bits per heavy atom. The van der Waals surface area contributed by atoms with E-state index in [4.69, 9.17) is 10.5 Å². The van der Waals surface area contributed by atoms with E-state index in [2.05, 4.69) is 14.9 Å². The summed E-state index contributed by atoms with van der Waals surface area (Å²) in [6.07, 6.45) is 6.64. The second-order valence-electron chi connectivity index (χ2n) is 10.9. The Labute approximate surface area is 234 Å². The number of carbonyl (C=O) groups is 1. The van der Waals surface area contributed by atoms with Crippen LogP contribution in [-0.2, 0) is 21.2 Å². The molecule has 3 aromatic rings. The summed E-state index contributed by atoms with van der Waals surface area (Å²) in [5.74, 6) is 0.409. The number of sulfonamides is 1. The van der Waals surface area contributed by atoms with Crippen LogP contribution in [-0.4, -0.2) is 96.5 Å². The van der Waals surface area contributed by atoms with Crippen molar-refractivity contribution in [2.75, 3.05) is 52.1 Å². The van der Waals surface area contributed by atoms with Crippen LogP contribution in [0.4, 0.5) is 4.39 Å². The van der Waals surface area contributed by atoms with Gasteiger partial charge in [0, 0.05) is 58.2 Å². The van der Waals surface area contributed by atoms with Crippen molar-refractivity contribution in [3.05, 3.63) is 53.6 Å². The molecule has 0 spiro atoms. The molecular formula is C28H37FN6O4S. The summed E-state index contributed by atoms with van der Waals surface area (Å²) in [6.45, 7) is 6.69. The molecule has 2 aromatic heterocycles. The molecule has 1 amide bonds. The van der Waals surface area contributed by atoms with Crippen LogP contribution < -0.4 is 10.5 Å². The summed E-state index contributed by atoms with van der Waals surface area (Å²) in [5, 5.41) is 0.802. The van der Waals surface area contributed by atoms with E-state index in [1.54, 1.807) is 33.6 Å². The highest BCUT2D eigenvalue weighted by molar-refractivity contribution is 7.88. The topological polar surface area (TPSA) is 125 Å². The first-order valence-corrected chi connectivity index (χ1v) is 15.5. The summed E-state index contributed by atoms with van der Waals surface area (Å²) < 4.78 is 45.9. The van der Waals surface area contributed by atoms with Crippen molar-refractivity contribution in [1.82, 2.24) is 24.1 Å². The number of piperidine rings is 1. The molecule has 4 heterocycles. The Hall–Kier alpha value is -3.06. The van der Waals surface area contributed by atoms with Crippen LogP contribution in [0.2, 0.25) is 0 Å². The predicted octanol–water partition coefficient (Wildman–Crippen LogP) is 2.49. The minimum atomic E-state index is -3.12. The number of carbonyl (C=O) groups excluding carboxylic acids is 1. The number of rotatable bonds is 8. The molecule has 2 fully saturated rings. The van der Waals surface area contributed by atoms with Crippen LogP contribution in [0, 0.1) is 18.7 Å². The summed E-state index contributed by atoms with van der Waals surface area (Å²) in [6, 6.07) is 5.61. The number of nitrogens with one attached hydrogen (secondary N) is 1. The van der Waals surface area contributed by atoms with E-state index in [0.717, 1.165) is 43.4 Å². The lowest BCUT2D eigenvalue weighted by Gasteiger charge is -2.39. The van der Waals surface area contributed by atoms with Crippen LogP contribution in [0.1, 0.15) is 24.0 Å². The van der Waals surface area contributed by atoms with Gasteiger partial charge in [-0.2, -0.15) is 0 Å². The number of pyridine rings is 1. The summed E-state index contributed by atoms with van der Waals surface area (Å²) >= 11 is 0. The molecular weight excluding hydrogens is 535 g/mol. The molecule has 3 N–H and O–H groups in total. The minimum Gasteiger partial charge on any atom is -0.453 e. The Bertz CT molecular complexity index is 1460. The average Bonchev–Trinajstić information content (AvgIpc) is 3.31. The number of piperazine rings is 1. The van der Waals surface area contributed by atoms with Gasteiger partial charge in [0.15, 0.2) is 11.6 Å². The largest absolute Gasteiger partial charge is 0.453 e. The number of hydrogen-bond donors (Lipinski definition) is 2. The van der Waals surface area contributed by atoms with E-state index in [0.29, 0.717) is 49.1 Å². The number of H-pyrrole nitrogens is 1. The smallest absolute Gasteiger partial charge is 0.239 e. The zero-order chi connectivity index (χ0) is 28.4. The third-order valence-electron chi connectivity index (χ3n) is 7.96. The Kier molecular flexibility index (Phi) is 8.41. The molecule has 10 nitrogen and oxygen atoms in total. The van der Waals surface area contributed by atoms with E-state index >= 15 is 0 Å². The van der Waals surface area contributed by atoms with Crippen molar-refractivity contribution in [2.24, 2.45) is 11.7 Å². The molecule has 2 aliphatic rings. The van der Waals surface area contributed by atoms with Gasteiger partial charge in [0.05, 0.1) is 17.7 Å². The predicted molar refractivity (Wildman–Crippen MR) is 151 cm³/mol. The molecule has 1 atom stereocenters. The molecule has 0 saturated carbocycles. The lowest BCUT2D eigenvalue weighted by molar-refractivity contribution is -0.134. The fourth-order valence-electron chi connectivity index (χ4n) is 5.66. The molecule has 5 rings (SSSR count). The van der Waals surface area contributed by atoms with Gasteiger partial charge in [0.1, 0.15) is 11.4 Å². The first-order valence-electron chi connectivity index (χ1n) is 13.7. The number of ether oxygens (including phenoxy) is 1. The molecule has 0 radical (unpaired) electrons. The second-order valence-corrected chi connectivity index (χ2v) is 12.9. The number of halogens is 1. The van der Waals surface area contributed by atoms with Crippen molar-refractivity contribution in [3.8, 4) is 11.5 Å². The summed E-state index contributed by atoms with van der Waals surface area (Å²) in [7, 11) is -3.12. The SMILES string of the molecule is Cc1c[nH]c2nccc(Oc3ccc(CC(N)C(=O)N4CCN(CC5CCN(S(C)(=O)=O)CC5)CC4)cc3F)c12. The lowest BCUT2D eigenvalue weighted by atomic mass is 9.97. The highest BCUT2D eigenvalue weighted by Crippen LogP contribution is 2.32.